The highest BCUT2D eigenvalue weighted by atomic mass is 16.3. The van der Waals surface area contributed by atoms with E-state index < -0.39 is 5.54 Å². The number of rotatable bonds is 10. The Morgan fingerprint density at radius 2 is 1.47 bits per heavy atom. The molecule has 0 spiro atoms. The van der Waals surface area contributed by atoms with Gasteiger partial charge in [0.1, 0.15) is 0 Å². The molecule has 0 heterocycles. The number of aliphatic hydroxyl groups is 2. The van der Waals surface area contributed by atoms with E-state index in [4.69, 9.17) is 10.2 Å². The van der Waals surface area contributed by atoms with Crippen LogP contribution in [0.2, 0.25) is 0 Å². The molecule has 0 aromatic rings. The van der Waals surface area contributed by atoms with Crippen LogP contribution in [0.3, 0.4) is 0 Å². The lowest BCUT2D eigenvalue weighted by Gasteiger charge is -2.26. The fourth-order valence-electron chi connectivity index (χ4n) is 1.46. The molecular weight excluding hydrogens is 190 g/mol. The molecule has 0 bridgehead atoms. The van der Waals surface area contributed by atoms with Gasteiger partial charge in [-0.2, -0.15) is 0 Å². The quantitative estimate of drug-likeness (QED) is 0.488. The Hall–Kier alpha value is -0.120. The largest absolute Gasteiger partial charge is 0.394 e. The van der Waals surface area contributed by atoms with Crippen molar-refractivity contribution in [2.75, 3.05) is 19.8 Å². The van der Waals surface area contributed by atoms with Gasteiger partial charge < -0.3 is 15.5 Å². The fraction of sp³-hybridized carbons (Fsp3) is 1.00. The number of aliphatic hydroxyl groups excluding tert-OH is 2. The Bertz CT molecular complexity index is 136. The van der Waals surface area contributed by atoms with Crippen LogP contribution >= 0.6 is 0 Å². The van der Waals surface area contributed by atoms with Gasteiger partial charge in [0.15, 0.2) is 0 Å². The van der Waals surface area contributed by atoms with Crippen LogP contribution in [-0.2, 0) is 0 Å². The Balaban J connectivity index is 3.29. The second kappa shape index (κ2) is 9.13. The minimum absolute atomic E-state index is 0.0145. The summed E-state index contributed by atoms with van der Waals surface area (Å²) in [4.78, 5) is 0. The average Bonchev–Trinajstić information content (AvgIpc) is 2.27. The predicted molar refractivity (Wildman–Crippen MR) is 64.0 cm³/mol. The molecule has 3 heteroatoms. The van der Waals surface area contributed by atoms with Crippen molar-refractivity contribution in [1.29, 1.82) is 0 Å². The number of hydrogen-bond acceptors (Lipinski definition) is 3. The molecule has 0 amide bonds. The molecule has 0 aliphatic heterocycles. The van der Waals surface area contributed by atoms with Gasteiger partial charge in [0.05, 0.1) is 18.8 Å². The van der Waals surface area contributed by atoms with E-state index in [1.807, 2.05) is 6.92 Å². The van der Waals surface area contributed by atoms with Gasteiger partial charge in [0.2, 0.25) is 0 Å². The summed E-state index contributed by atoms with van der Waals surface area (Å²) in [6, 6.07) is 0. The van der Waals surface area contributed by atoms with Gasteiger partial charge in [-0.25, -0.2) is 0 Å². The molecule has 0 radical (unpaired) electrons. The van der Waals surface area contributed by atoms with Gasteiger partial charge in [-0.1, -0.05) is 39.0 Å². The van der Waals surface area contributed by atoms with Crippen molar-refractivity contribution in [3.63, 3.8) is 0 Å². The van der Waals surface area contributed by atoms with Crippen LogP contribution in [-0.4, -0.2) is 35.5 Å². The molecule has 15 heavy (non-hydrogen) atoms. The normalized spacial score (nSPS) is 12.0. The van der Waals surface area contributed by atoms with Crippen molar-refractivity contribution in [1.82, 2.24) is 5.32 Å². The summed E-state index contributed by atoms with van der Waals surface area (Å²) in [7, 11) is 0. The number of nitrogens with one attached hydrogen (secondary N) is 1. The topological polar surface area (TPSA) is 52.5 Å². The van der Waals surface area contributed by atoms with Crippen molar-refractivity contribution in [3.8, 4) is 0 Å². The van der Waals surface area contributed by atoms with Crippen molar-refractivity contribution >= 4 is 0 Å². The lowest BCUT2D eigenvalue weighted by Crippen LogP contribution is -2.49. The fourth-order valence-corrected chi connectivity index (χ4v) is 1.46. The molecule has 3 N–H and O–H groups in total. The maximum Gasteiger partial charge on any atom is 0.0633 e. The van der Waals surface area contributed by atoms with E-state index in [1.54, 1.807) is 0 Å². The van der Waals surface area contributed by atoms with E-state index >= 15 is 0 Å². The summed E-state index contributed by atoms with van der Waals surface area (Å²) in [5, 5.41) is 21.3. The number of hydrogen-bond donors (Lipinski definition) is 3. The summed E-state index contributed by atoms with van der Waals surface area (Å²) in [5.74, 6) is 0. The zero-order valence-corrected chi connectivity index (χ0v) is 10.3. The van der Waals surface area contributed by atoms with E-state index in [9.17, 15) is 0 Å². The SMILES string of the molecule is CCCCCCCCNC(C)(CO)CO. The summed E-state index contributed by atoms with van der Waals surface area (Å²) < 4.78 is 0. The third kappa shape index (κ3) is 7.77. The van der Waals surface area contributed by atoms with Crippen molar-refractivity contribution < 1.29 is 10.2 Å². The van der Waals surface area contributed by atoms with E-state index in [0.29, 0.717) is 0 Å². The van der Waals surface area contributed by atoms with Crippen LogP contribution < -0.4 is 5.32 Å². The van der Waals surface area contributed by atoms with E-state index in [1.165, 1.54) is 32.1 Å². The predicted octanol–water partition coefficient (Wildman–Crippen LogP) is 1.68. The molecule has 0 saturated heterocycles. The Morgan fingerprint density at radius 1 is 0.933 bits per heavy atom. The minimum atomic E-state index is -0.510. The van der Waals surface area contributed by atoms with Crippen LogP contribution in [0.4, 0.5) is 0 Å². The highest BCUT2D eigenvalue weighted by Crippen LogP contribution is 2.06. The summed E-state index contributed by atoms with van der Waals surface area (Å²) >= 11 is 0. The first-order valence-corrected chi connectivity index (χ1v) is 6.15. The molecule has 0 rings (SSSR count). The number of unbranched alkanes of at least 4 members (excludes halogenated alkanes) is 5. The van der Waals surface area contributed by atoms with Crippen LogP contribution in [0.5, 0.6) is 0 Å². The van der Waals surface area contributed by atoms with E-state index in [2.05, 4.69) is 12.2 Å². The van der Waals surface area contributed by atoms with Gasteiger partial charge >= 0.3 is 0 Å². The van der Waals surface area contributed by atoms with Gasteiger partial charge in [0.25, 0.3) is 0 Å². The van der Waals surface area contributed by atoms with Crippen LogP contribution in [0, 0.1) is 0 Å². The lowest BCUT2D eigenvalue weighted by atomic mass is 10.0. The summed E-state index contributed by atoms with van der Waals surface area (Å²) in [6.45, 7) is 4.90. The summed E-state index contributed by atoms with van der Waals surface area (Å²) in [6.07, 6.45) is 7.60. The molecule has 92 valence electrons. The Morgan fingerprint density at radius 3 is 2.00 bits per heavy atom. The maximum atomic E-state index is 9.04. The van der Waals surface area contributed by atoms with Crippen LogP contribution in [0.25, 0.3) is 0 Å². The van der Waals surface area contributed by atoms with Gasteiger partial charge in [-0.3, -0.25) is 0 Å². The molecule has 0 atom stereocenters. The van der Waals surface area contributed by atoms with Gasteiger partial charge in [0, 0.05) is 0 Å². The highest BCUT2D eigenvalue weighted by Gasteiger charge is 2.20. The zero-order chi connectivity index (χ0) is 11.6. The first-order valence-electron chi connectivity index (χ1n) is 6.15. The Kier molecular flexibility index (Phi) is 9.06. The zero-order valence-electron chi connectivity index (χ0n) is 10.3. The van der Waals surface area contributed by atoms with Crippen molar-refractivity contribution in [2.24, 2.45) is 0 Å². The molecule has 0 saturated carbocycles. The minimum Gasteiger partial charge on any atom is -0.394 e. The first kappa shape index (κ1) is 14.9. The molecule has 0 unspecified atom stereocenters. The monoisotopic (exact) mass is 217 g/mol. The Labute approximate surface area is 93.9 Å². The lowest BCUT2D eigenvalue weighted by molar-refractivity contribution is 0.104. The molecule has 0 aliphatic carbocycles. The second-order valence-electron chi connectivity index (χ2n) is 4.57. The average molecular weight is 217 g/mol. The molecule has 3 nitrogen and oxygen atoms in total. The van der Waals surface area contributed by atoms with Gasteiger partial charge in [-0.15, -0.1) is 0 Å². The molecule has 0 aliphatic rings. The molecule has 0 fully saturated rings. The first-order chi connectivity index (χ1) is 7.18. The molecule has 0 aromatic carbocycles. The smallest absolute Gasteiger partial charge is 0.0633 e. The van der Waals surface area contributed by atoms with Crippen LogP contribution in [0.15, 0.2) is 0 Å². The second-order valence-corrected chi connectivity index (χ2v) is 4.57. The van der Waals surface area contributed by atoms with Gasteiger partial charge in [-0.05, 0) is 19.9 Å². The standard InChI is InChI=1S/C12H27NO2/c1-3-4-5-6-7-8-9-13-12(2,10-14)11-15/h13-15H,3-11H2,1-2H3. The van der Waals surface area contributed by atoms with Crippen LogP contribution in [0.1, 0.15) is 52.4 Å². The van der Waals surface area contributed by atoms with Crippen molar-refractivity contribution in [3.05, 3.63) is 0 Å². The third-order valence-corrected chi connectivity index (χ3v) is 2.78. The van der Waals surface area contributed by atoms with E-state index in [-0.39, 0.29) is 13.2 Å². The molecular formula is C12H27NO2. The van der Waals surface area contributed by atoms with E-state index in [0.717, 1.165) is 13.0 Å². The maximum absolute atomic E-state index is 9.04. The van der Waals surface area contributed by atoms with Crippen molar-refractivity contribution in [2.45, 2.75) is 57.9 Å². The third-order valence-electron chi connectivity index (χ3n) is 2.78. The summed E-state index contributed by atoms with van der Waals surface area (Å²) in [5.41, 5.74) is -0.510. The highest BCUT2D eigenvalue weighted by molar-refractivity contribution is 4.80. The molecule has 0 aromatic heterocycles.